The zero-order chi connectivity index (χ0) is 17.6. The van der Waals surface area contributed by atoms with Gasteiger partial charge in [-0.15, -0.1) is 0 Å². The highest BCUT2D eigenvalue weighted by molar-refractivity contribution is 7.86. The Morgan fingerprint density at radius 3 is 2.17 bits per heavy atom. The van der Waals surface area contributed by atoms with Crippen molar-refractivity contribution in [2.45, 2.75) is 33.9 Å². The molecule has 130 valence electrons. The molecular formula is C18H25N3O2S. The molecule has 1 aromatic carbocycles. The summed E-state index contributed by atoms with van der Waals surface area (Å²) >= 11 is 0. The molecule has 0 bridgehead atoms. The van der Waals surface area contributed by atoms with Crippen LogP contribution in [0.4, 0.5) is 0 Å². The van der Waals surface area contributed by atoms with Gasteiger partial charge in [0.15, 0.2) is 0 Å². The first-order chi connectivity index (χ1) is 11.5. The molecule has 0 spiro atoms. The first-order valence-electron chi connectivity index (χ1n) is 8.18. The van der Waals surface area contributed by atoms with E-state index in [9.17, 15) is 8.42 Å². The minimum absolute atomic E-state index is 0.258. The normalized spacial score (nSPS) is 12.0. The second-order valence-electron chi connectivity index (χ2n) is 5.61. The van der Waals surface area contributed by atoms with Crippen LogP contribution in [0.25, 0.3) is 0 Å². The Balaban J connectivity index is 2.36. The van der Waals surface area contributed by atoms with Crippen LogP contribution in [0.5, 0.6) is 0 Å². The number of nitrogens with zero attached hydrogens (tertiary/aromatic N) is 3. The molecule has 2 rings (SSSR count). The van der Waals surface area contributed by atoms with E-state index in [1.807, 2.05) is 63.2 Å². The van der Waals surface area contributed by atoms with E-state index >= 15 is 0 Å². The monoisotopic (exact) mass is 347 g/mol. The van der Waals surface area contributed by atoms with Gasteiger partial charge in [0.25, 0.3) is 10.2 Å². The predicted molar refractivity (Wildman–Crippen MR) is 96.5 cm³/mol. The van der Waals surface area contributed by atoms with Crippen molar-refractivity contribution in [2.75, 3.05) is 13.1 Å². The molecule has 0 unspecified atom stereocenters. The molecule has 5 nitrogen and oxygen atoms in total. The maximum absolute atomic E-state index is 13.0. The fourth-order valence-corrected chi connectivity index (χ4v) is 4.16. The van der Waals surface area contributed by atoms with E-state index in [1.54, 1.807) is 6.20 Å². The summed E-state index contributed by atoms with van der Waals surface area (Å²) in [6, 6.07) is 13.4. The van der Waals surface area contributed by atoms with Crippen molar-refractivity contribution >= 4 is 10.2 Å². The van der Waals surface area contributed by atoms with E-state index in [1.165, 1.54) is 8.61 Å². The first kappa shape index (κ1) is 18.6. The van der Waals surface area contributed by atoms with Crippen LogP contribution in [0.2, 0.25) is 0 Å². The number of rotatable bonds is 8. The largest absolute Gasteiger partial charge is 0.282 e. The minimum atomic E-state index is -3.55. The molecule has 0 fully saturated rings. The zero-order valence-electron chi connectivity index (χ0n) is 14.5. The molecule has 0 atom stereocenters. The van der Waals surface area contributed by atoms with Gasteiger partial charge in [-0.25, -0.2) is 0 Å². The molecule has 0 aliphatic heterocycles. The van der Waals surface area contributed by atoms with Gasteiger partial charge in [-0.05, 0) is 30.2 Å². The Hall–Kier alpha value is -1.76. The molecule has 0 aliphatic rings. The molecule has 6 heteroatoms. The van der Waals surface area contributed by atoms with Gasteiger partial charge in [-0.2, -0.15) is 17.0 Å². The van der Waals surface area contributed by atoms with E-state index in [0.29, 0.717) is 19.6 Å². The lowest BCUT2D eigenvalue weighted by Gasteiger charge is -2.28. The number of hydrogen-bond acceptors (Lipinski definition) is 3. The predicted octanol–water partition coefficient (Wildman–Crippen LogP) is 2.98. The molecule has 1 heterocycles. The van der Waals surface area contributed by atoms with E-state index in [4.69, 9.17) is 0 Å². The summed E-state index contributed by atoms with van der Waals surface area (Å²) < 4.78 is 29.1. The highest BCUT2D eigenvalue weighted by atomic mass is 32.2. The van der Waals surface area contributed by atoms with E-state index < -0.39 is 10.2 Å². The van der Waals surface area contributed by atoms with Crippen LogP contribution in [0.3, 0.4) is 0 Å². The van der Waals surface area contributed by atoms with Crippen LogP contribution in [0, 0.1) is 6.92 Å². The quantitative estimate of drug-likeness (QED) is 0.738. The van der Waals surface area contributed by atoms with Crippen molar-refractivity contribution in [3.63, 3.8) is 0 Å². The van der Waals surface area contributed by atoms with Gasteiger partial charge in [0.2, 0.25) is 0 Å². The number of hydrogen-bond donors (Lipinski definition) is 0. The molecule has 24 heavy (non-hydrogen) atoms. The lowest BCUT2D eigenvalue weighted by molar-refractivity contribution is 0.336. The zero-order valence-corrected chi connectivity index (χ0v) is 15.3. The highest BCUT2D eigenvalue weighted by Crippen LogP contribution is 2.18. The highest BCUT2D eigenvalue weighted by Gasteiger charge is 2.28. The van der Waals surface area contributed by atoms with Crippen LogP contribution >= 0.6 is 0 Å². The third kappa shape index (κ3) is 4.41. The molecule has 0 radical (unpaired) electrons. The van der Waals surface area contributed by atoms with Crippen LogP contribution < -0.4 is 0 Å². The van der Waals surface area contributed by atoms with Gasteiger partial charge in [-0.1, -0.05) is 44.2 Å². The average Bonchev–Trinajstić information content (AvgIpc) is 2.58. The third-order valence-electron chi connectivity index (χ3n) is 4.03. The summed E-state index contributed by atoms with van der Waals surface area (Å²) in [7, 11) is -3.55. The fraction of sp³-hybridized carbons (Fsp3) is 0.389. The van der Waals surface area contributed by atoms with Crippen molar-refractivity contribution in [1.29, 1.82) is 0 Å². The molecule has 0 amide bonds. The van der Waals surface area contributed by atoms with Crippen molar-refractivity contribution in [2.24, 2.45) is 0 Å². The Kier molecular flexibility index (Phi) is 6.48. The number of aryl methyl sites for hydroxylation is 1. The average molecular weight is 347 g/mol. The molecule has 0 saturated heterocycles. The van der Waals surface area contributed by atoms with Gasteiger partial charge >= 0.3 is 0 Å². The van der Waals surface area contributed by atoms with E-state index in [-0.39, 0.29) is 6.54 Å². The van der Waals surface area contributed by atoms with Crippen molar-refractivity contribution in [3.8, 4) is 0 Å². The molecule has 0 N–H and O–H groups in total. The van der Waals surface area contributed by atoms with E-state index in [2.05, 4.69) is 4.98 Å². The van der Waals surface area contributed by atoms with Crippen molar-refractivity contribution < 1.29 is 8.42 Å². The van der Waals surface area contributed by atoms with Gasteiger partial charge < -0.3 is 0 Å². The lowest BCUT2D eigenvalue weighted by atomic mass is 10.1. The minimum Gasteiger partial charge on any atom is -0.260 e. The number of pyridine rings is 1. The Bertz CT molecular complexity index is 744. The number of benzene rings is 1. The smallest absolute Gasteiger partial charge is 0.260 e. The van der Waals surface area contributed by atoms with Crippen LogP contribution in [-0.4, -0.2) is 35.1 Å². The molecule has 0 saturated carbocycles. The second kappa shape index (κ2) is 8.37. The fourth-order valence-electron chi connectivity index (χ4n) is 2.58. The van der Waals surface area contributed by atoms with Gasteiger partial charge in [0, 0.05) is 25.8 Å². The van der Waals surface area contributed by atoms with Gasteiger partial charge in [-0.3, -0.25) is 4.98 Å². The molecule has 0 aliphatic carbocycles. The lowest BCUT2D eigenvalue weighted by Crippen LogP contribution is -2.43. The standard InChI is InChI=1S/C18H25N3O2S/c1-4-20(5-2)24(22,23)21(15-18-12-8-9-13-19-18)14-17-11-7-6-10-16(17)3/h6-13H,4-5,14-15H2,1-3H3. The topological polar surface area (TPSA) is 53.5 Å². The Labute approximate surface area is 145 Å². The summed E-state index contributed by atoms with van der Waals surface area (Å²) in [5.41, 5.74) is 2.82. The van der Waals surface area contributed by atoms with Crippen LogP contribution in [-0.2, 0) is 23.3 Å². The maximum Gasteiger partial charge on any atom is 0.282 e. The second-order valence-corrected chi connectivity index (χ2v) is 7.54. The van der Waals surface area contributed by atoms with Crippen LogP contribution in [0.1, 0.15) is 30.7 Å². The maximum atomic E-state index is 13.0. The molecule has 2 aromatic rings. The summed E-state index contributed by atoms with van der Waals surface area (Å²) in [6.45, 7) is 7.20. The van der Waals surface area contributed by atoms with Crippen molar-refractivity contribution in [3.05, 3.63) is 65.5 Å². The molecular weight excluding hydrogens is 322 g/mol. The summed E-state index contributed by atoms with van der Waals surface area (Å²) in [4.78, 5) is 4.28. The van der Waals surface area contributed by atoms with Crippen LogP contribution in [0.15, 0.2) is 48.7 Å². The third-order valence-corrected chi connectivity index (χ3v) is 6.11. The summed E-state index contributed by atoms with van der Waals surface area (Å²) in [5.74, 6) is 0. The van der Waals surface area contributed by atoms with Gasteiger partial charge in [0.05, 0.1) is 12.2 Å². The first-order valence-corrected chi connectivity index (χ1v) is 9.58. The number of aromatic nitrogens is 1. The summed E-state index contributed by atoms with van der Waals surface area (Å²) in [6.07, 6.45) is 1.69. The van der Waals surface area contributed by atoms with E-state index in [0.717, 1.165) is 16.8 Å². The molecule has 1 aromatic heterocycles. The van der Waals surface area contributed by atoms with Gasteiger partial charge in [0.1, 0.15) is 0 Å². The van der Waals surface area contributed by atoms with Crippen molar-refractivity contribution in [1.82, 2.24) is 13.6 Å². The SMILES string of the molecule is CCN(CC)S(=O)(=O)N(Cc1ccccn1)Cc1ccccc1C. The Morgan fingerprint density at radius 2 is 1.58 bits per heavy atom. The summed E-state index contributed by atoms with van der Waals surface area (Å²) in [5, 5.41) is 0. The Morgan fingerprint density at radius 1 is 0.917 bits per heavy atom.